The minimum Gasteiger partial charge on any atom is -0.481 e. The van der Waals surface area contributed by atoms with Crippen molar-refractivity contribution in [3.63, 3.8) is 0 Å². The van der Waals surface area contributed by atoms with Crippen molar-refractivity contribution in [2.75, 3.05) is 13.1 Å². The van der Waals surface area contributed by atoms with Gasteiger partial charge in [-0.2, -0.15) is 5.26 Å². The van der Waals surface area contributed by atoms with E-state index in [1.807, 2.05) is 13.8 Å². The standard InChI is InChI=1S/C15H26N2O2/c1-15(2,12-16)9-5-11-17-10-4-3-6-13(17)7-8-14(18)19/h13H,3-11H2,1-2H3,(H,18,19). The Hall–Kier alpha value is -1.08. The summed E-state index contributed by atoms with van der Waals surface area (Å²) in [5.74, 6) is -0.698. The zero-order valence-corrected chi connectivity index (χ0v) is 12.2. The van der Waals surface area contributed by atoms with E-state index in [1.54, 1.807) is 0 Å². The molecule has 1 fully saturated rings. The van der Waals surface area contributed by atoms with Crippen LogP contribution in [0.3, 0.4) is 0 Å². The van der Waals surface area contributed by atoms with E-state index in [0.717, 1.165) is 38.8 Å². The number of hydrogen-bond donors (Lipinski definition) is 1. The van der Waals surface area contributed by atoms with E-state index in [-0.39, 0.29) is 11.8 Å². The molecule has 19 heavy (non-hydrogen) atoms. The molecule has 108 valence electrons. The van der Waals surface area contributed by atoms with Crippen LogP contribution in [0.2, 0.25) is 0 Å². The average Bonchev–Trinajstić information content (AvgIpc) is 2.37. The van der Waals surface area contributed by atoms with Crippen molar-refractivity contribution < 1.29 is 9.90 Å². The number of piperidine rings is 1. The molecule has 1 atom stereocenters. The Balaban J connectivity index is 2.36. The van der Waals surface area contributed by atoms with Crippen molar-refractivity contribution in [3.05, 3.63) is 0 Å². The summed E-state index contributed by atoms with van der Waals surface area (Å²) in [6.45, 7) is 6.03. The third-order valence-electron chi connectivity index (χ3n) is 3.99. The predicted molar refractivity (Wildman–Crippen MR) is 74.7 cm³/mol. The molecule has 0 bridgehead atoms. The minimum absolute atomic E-state index is 0.244. The number of hydrogen-bond acceptors (Lipinski definition) is 3. The Morgan fingerprint density at radius 1 is 1.47 bits per heavy atom. The lowest BCUT2D eigenvalue weighted by Crippen LogP contribution is -2.40. The summed E-state index contributed by atoms with van der Waals surface area (Å²) < 4.78 is 0. The average molecular weight is 266 g/mol. The van der Waals surface area contributed by atoms with Crippen molar-refractivity contribution in [3.8, 4) is 6.07 Å². The Morgan fingerprint density at radius 3 is 2.84 bits per heavy atom. The summed E-state index contributed by atoms with van der Waals surface area (Å²) in [5.41, 5.74) is -0.244. The quantitative estimate of drug-likeness (QED) is 0.769. The Morgan fingerprint density at radius 2 is 2.21 bits per heavy atom. The topological polar surface area (TPSA) is 64.3 Å². The molecule has 0 spiro atoms. The summed E-state index contributed by atoms with van der Waals surface area (Å²) in [6, 6.07) is 2.76. The molecule has 4 heteroatoms. The number of nitrogens with zero attached hydrogens (tertiary/aromatic N) is 2. The maximum absolute atomic E-state index is 10.7. The van der Waals surface area contributed by atoms with Crippen LogP contribution >= 0.6 is 0 Å². The van der Waals surface area contributed by atoms with Crippen LogP contribution in [0, 0.1) is 16.7 Å². The van der Waals surface area contributed by atoms with Crippen molar-refractivity contribution in [1.29, 1.82) is 5.26 Å². The second-order valence-electron chi connectivity index (χ2n) is 6.22. The fraction of sp³-hybridized carbons (Fsp3) is 0.867. The molecule has 0 aromatic carbocycles. The highest BCUT2D eigenvalue weighted by Crippen LogP contribution is 2.24. The van der Waals surface area contributed by atoms with Gasteiger partial charge in [0.25, 0.3) is 0 Å². The van der Waals surface area contributed by atoms with Crippen LogP contribution in [-0.2, 0) is 4.79 Å². The first-order valence-electron chi connectivity index (χ1n) is 7.32. The third kappa shape index (κ3) is 6.07. The van der Waals surface area contributed by atoms with E-state index < -0.39 is 5.97 Å². The molecule has 0 amide bonds. The predicted octanol–water partition coefficient (Wildman–Crippen LogP) is 3.04. The van der Waals surface area contributed by atoms with E-state index in [9.17, 15) is 4.79 Å². The molecule has 0 aromatic rings. The molecule has 0 aliphatic carbocycles. The Kier molecular flexibility index (Phi) is 6.30. The van der Waals surface area contributed by atoms with E-state index in [4.69, 9.17) is 10.4 Å². The maximum atomic E-state index is 10.7. The SMILES string of the molecule is CC(C)(C#N)CCCN1CCCCC1CCC(=O)O. The van der Waals surface area contributed by atoms with Crippen LogP contribution in [0.15, 0.2) is 0 Å². The smallest absolute Gasteiger partial charge is 0.303 e. The summed E-state index contributed by atoms with van der Waals surface area (Å²) in [4.78, 5) is 13.1. The van der Waals surface area contributed by atoms with Gasteiger partial charge < -0.3 is 10.0 Å². The Bertz CT molecular complexity index is 334. The van der Waals surface area contributed by atoms with Crippen molar-refractivity contribution >= 4 is 5.97 Å². The molecule has 0 saturated carbocycles. The highest BCUT2D eigenvalue weighted by atomic mass is 16.4. The van der Waals surface area contributed by atoms with Gasteiger partial charge in [0.2, 0.25) is 0 Å². The van der Waals surface area contributed by atoms with E-state index >= 15 is 0 Å². The number of likely N-dealkylation sites (tertiary alicyclic amines) is 1. The molecule has 1 heterocycles. The number of carbonyl (C=O) groups is 1. The molecular weight excluding hydrogens is 240 g/mol. The molecule has 0 aromatic heterocycles. The zero-order valence-electron chi connectivity index (χ0n) is 12.2. The lowest BCUT2D eigenvalue weighted by molar-refractivity contribution is -0.137. The molecule has 1 rings (SSSR count). The number of rotatable bonds is 7. The monoisotopic (exact) mass is 266 g/mol. The number of carboxylic acid groups (broad SMARTS) is 1. The van der Waals surface area contributed by atoms with Crippen LogP contribution in [0.5, 0.6) is 0 Å². The van der Waals surface area contributed by atoms with Crippen LogP contribution in [0.1, 0.15) is 58.8 Å². The van der Waals surface area contributed by atoms with Gasteiger partial charge >= 0.3 is 5.97 Å². The van der Waals surface area contributed by atoms with Gasteiger partial charge in [0.05, 0.1) is 11.5 Å². The number of aliphatic carboxylic acids is 1. The van der Waals surface area contributed by atoms with Crippen molar-refractivity contribution in [2.24, 2.45) is 5.41 Å². The maximum Gasteiger partial charge on any atom is 0.303 e. The number of carboxylic acids is 1. The molecule has 1 unspecified atom stereocenters. The number of nitriles is 1. The van der Waals surface area contributed by atoms with Gasteiger partial charge in [-0.15, -0.1) is 0 Å². The second-order valence-corrected chi connectivity index (χ2v) is 6.22. The fourth-order valence-electron chi connectivity index (χ4n) is 2.75. The summed E-state index contributed by atoms with van der Waals surface area (Å²) in [7, 11) is 0. The minimum atomic E-state index is -0.698. The molecule has 1 saturated heterocycles. The molecule has 0 radical (unpaired) electrons. The first-order chi connectivity index (χ1) is 8.94. The van der Waals surface area contributed by atoms with Gasteiger partial charge in [-0.1, -0.05) is 6.42 Å². The zero-order chi connectivity index (χ0) is 14.3. The summed E-state index contributed by atoms with van der Waals surface area (Å²) >= 11 is 0. The largest absolute Gasteiger partial charge is 0.481 e. The molecule has 1 N–H and O–H groups in total. The highest BCUT2D eigenvalue weighted by molar-refractivity contribution is 5.66. The molecule has 1 aliphatic heterocycles. The normalized spacial score (nSPS) is 21.0. The highest BCUT2D eigenvalue weighted by Gasteiger charge is 2.23. The van der Waals surface area contributed by atoms with E-state index in [2.05, 4.69) is 11.0 Å². The van der Waals surface area contributed by atoms with Crippen molar-refractivity contribution in [1.82, 2.24) is 4.90 Å². The fourth-order valence-corrected chi connectivity index (χ4v) is 2.75. The Labute approximate surface area is 116 Å². The van der Waals surface area contributed by atoms with Crippen LogP contribution in [0.4, 0.5) is 0 Å². The third-order valence-corrected chi connectivity index (χ3v) is 3.99. The van der Waals surface area contributed by atoms with Gasteiger partial charge in [-0.05, 0) is 59.0 Å². The van der Waals surface area contributed by atoms with E-state index in [1.165, 1.54) is 12.8 Å². The van der Waals surface area contributed by atoms with Crippen LogP contribution < -0.4 is 0 Å². The summed E-state index contributed by atoms with van der Waals surface area (Å²) in [6.07, 6.45) is 6.50. The van der Waals surface area contributed by atoms with Gasteiger partial charge in [0.1, 0.15) is 0 Å². The summed E-state index contributed by atoms with van der Waals surface area (Å²) in [5, 5.41) is 17.8. The van der Waals surface area contributed by atoms with Gasteiger partial charge in [0.15, 0.2) is 0 Å². The van der Waals surface area contributed by atoms with Crippen molar-refractivity contribution in [2.45, 2.75) is 64.8 Å². The first-order valence-corrected chi connectivity index (χ1v) is 7.32. The van der Waals surface area contributed by atoms with Crippen LogP contribution in [0.25, 0.3) is 0 Å². The first kappa shape index (κ1) is 16.0. The van der Waals surface area contributed by atoms with E-state index in [0.29, 0.717) is 6.04 Å². The molecule has 4 nitrogen and oxygen atoms in total. The van der Waals surface area contributed by atoms with Gasteiger partial charge in [0, 0.05) is 12.5 Å². The lowest BCUT2D eigenvalue weighted by Gasteiger charge is -2.36. The van der Waals surface area contributed by atoms with Crippen LogP contribution in [-0.4, -0.2) is 35.1 Å². The molecule has 1 aliphatic rings. The lowest BCUT2D eigenvalue weighted by atomic mass is 9.89. The molecular formula is C15H26N2O2. The van der Waals surface area contributed by atoms with Gasteiger partial charge in [-0.25, -0.2) is 0 Å². The van der Waals surface area contributed by atoms with Gasteiger partial charge in [-0.3, -0.25) is 4.79 Å². The second kappa shape index (κ2) is 7.49.